The first kappa shape index (κ1) is 16.1. The first-order valence-electron chi connectivity index (χ1n) is 7.29. The SMILES string of the molecule is COc1cc(C)ccc1OCCC(=O)N1CC[C@H](C(=O)O)C1. The number of aliphatic carboxylic acids is 1. The Bertz CT molecular complexity index is 557. The average molecular weight is 307 g/mol. The number of carboxylic acids is 1. The molecule has 1 heterocycles. The molecule has 1 atom stereocenters. The highest BCUT2D eigenvalue weighted by Crippen LogP contribution is 2.28. The lowest BCUT2D eigenvalue weighted by Crippen LogP contribution is -2.30. The van der Waals surface area contributed by atoms with E-state index in [-0.39, 0.29) is 18.9 Å². The number of amides is 1. The highest BCUT2D eigenvalue weighted by atomic mass is 16.5. The second-order valence-electron chi connectivity index (χ2n) is 5.42. The van der Waals surface area contributed by atoms with Crippen LogP contribution >= 0.6 is 0 Å². The van der Waals surface area contributed by atoms with Crippen LogP contribution in [0, 0.1) is 12.8 Å². The Morgan fingerprint density at radius 2 is 2.14 bits per heavy atom. The van der Waals surface area contributed by atoms with Crippen LogP contribution in [0.1, 0.15) is 18.4 Å². The number of rotatable bonds is 6. The maximum absolute atomic E-state index is 12.0. The summed E-state index contributed by atoms with van der Waals surface area (Å²) in [6.45, 7) is 3.00. The quantitative estimate of drug-likeness (QED) is 0.866. The van der Waals surface area contributed by atoms with Crippen LogP contribution in [-0.4, -0.2) is 48.7 Å². The molecule has 6 heteroatoms. The summed E-state index contributed by atoms with van der Waals surface area (Å²) in [5.74, 6) is -0.113. The molecule has 0 spiro atoms. The lowest BCUT2D eigenvalue weighted by molar-refractivity contribution is -0.141. The van der Waals surface area contributed by atoms with Crippen molar-refractivity contribution in [3.63, 3.8) is 0 Å². The minimum atomic E-state index is -0.837. The van der Waals surface area contributed by atoms with Gasteiger partial charge < -0.3 is 19.5 Å². The van der Waals surface area contributed by atoms with Gasteiger partial charge in [-0.15, -0.1) is 0 Å². The molecule has 0 bridgehead atoms. The van der Waals surface area contributed by atoms with Crippen molar-refractivity contribution in [2.24, 2.45) is 5.92 Å². The maximum Gasteiger partial charge on any atom is 0.308 e. The number of hydrogen-bond acceptors (Lipinski definition) is 4. The van der Waals surface area contributed by atoms with Crippen molar-refractivity contribution in [2.45, 2.75) is 19.8 Å². The van der Waals surface area contributed by atoms with Gasteiger partial charge in [-0.1, -0.05) is 6.07 Å². The van der Waals surface area contributed by atoms with E-state index in [0.29, 0.717) is 31.0 Å². The fourth-order valence-corrected chi connectivity index (χ4v) is 2.49. The van der Waals surface area contributed by atoms with Crippen molar-refractivity contribution in [1.29, 1.82) is 0 Å². The van der Waals surface area contributed by atoms with E-state index < -0.39 is 11.9 Å². The third kappa shape index (κ3) is 3.90. The number of benzene rings is 1. The largest absolute Gasteiger partial charge is 0.493 e. The molecule has 1 aliphatic rings. The lowest BCUT2D eigenvalue weighted by atomic mass is 10.1. The normalized spacial score (nSPS) is 17.4. The first-order chi connectivity index (χ1) is 10.5. The van der Waals surface area contributed by atoms with E-state index in [1.165, 1.54) is 0 Å². The lowest BCUT2D eigenvalue weighted by Gasteiger charge is -2.16. The van der Waals surface area contributed by atoms with Crippen molar-refractivity contribution in [1.82, 2.24) is 4.90 Å². The number of hydrogen-bond donors (Lipinski definition) is 1. The van der Waals surface area contributed by atoms with Crippen LogP contribution in [0.5, 0.6) is 11.5 Å². The van der Waals surface area contributed by atoms with Gasteiger partial charge in [0.1, 0.15) is 0 Å². The van der Waals surface area contributed by atoms with Crippen LogP contribution in [0.2, 0.25) is 0 Å². The van der Waals surface area contributed by atoms with Crippen LogP contribution in [0.15, 0.2) is 18.2 Å². The molecule has 6 nitrogen and oxygen atoms in total. The molecule has 1 fully saturated rings. The topological polar surface area (TPSA) is 76.1 Å². The Balaban J connectivity index is 1.82. The summed E-state index contributed by atoms with van der Waals surface area (Å²) >= 11 is 0. The monoisotopic (exact) mass is 307 g/mol. The van der Waals surface area contributed by atoms with Gasteiger partial charge >= 0.3 is 5.97 Å². The Hall–Kier alpha value is -2.24. The van der Waals surface area contributed by atoms with Gasteiger partial charge in [0.25, 0.3) is 0 Å². The fraction of sp³-hybridized carbons (Fsp3) is 0.500. The van der Waals surface area contributed by atoms with Crippen molar-refractivity contribution >= 4 is 11.9 Å². The van der Waals surface area contributed by atoms with Crippen molar-refractivity contribution in [3.8, 4) is 11.5 Å². The third-order valence-corrected chi connectivity index (χ3v) is 3.78. The maximum atomic E-state index is 12.0. The summed E-state index contributed by atoms with van der Waals surface area (Å²) in [7, 11) is 1.57. The predicted octanol–water partition coefficient (Wildman–Crippen LogP) is 1.71. The zero-order chi connectivity index (χ0) is 16.1. The average Bonchev–Trinajstić information content (AvgIpc) is 2.98. The molecule has 0 saturated carbocycles. The molecule has 1 aromatic carbocycles. The van der Waals surface area contributed by atoms with E-state index >= 15 is 0 Å². The van der Waals surface area contributed by atoms with Gasteiger partial charge in [-0.2, -0.15) is 0 Å². The molecule has 2 rings (SSSR count). The summed E-state index contributed by atoms with van der Waals surface area (Å²) in [5, 5.41) is 8.94. The van der Waals surface area contributed by atoms with Crippen LogP contribution in [0.25, 0.3) is 0 Å². The number of carbonyl (C=O) groups excluding carboxylic acids is 1. The second-order valence-corrected chi connectivity index (χ2v) is 5.42. The molecule has 1 aromatic rings. The highest BCUT2D eigenvalue weighted by molar-refractivity contribution is 5.78. The smallest absolute Gasteiger partial charge is 0.308 e. The number of likely N-dealkylation sites (tertiary alicyclic amines) is 1. The Morgan fingerprint density at radius 1 is 1.36 bits per heavy atom. The Labute approximate surface area is 129 Å². The van der Waals surface area contributed by atoms with Gasteiger partial charge in [0, 0.05) is 13.1 Å². The van der Waals surface area contributed by atoms with Gasteiger partial charge in [0.05, 0.1) is 26.1 Å². The molecular weight excluding hydrogens is 286 g/mol. The van der Waals surface area contributed by atoms with E-state index in [4.69, 9.17) is 14.6 Å². The van der Waals surface area contributed by atoms with E-state index in [2.05, 4.69) is 0 Å². The molecular formula is C16H21NO5. The Morgan fingerprint density at radius 3 is 2.77 bits per heavy atom. The molecule has 120 valence electrons. The van der Waals surface area contributed by atoms with Crippen LogP contribution in [0.4, 0.5) is 0 Å². The number of nitrogens with zero attached hydrogens (tertiary/aromatic N) is 1. The van der Waals surface area contributed by atoms with E-state index in [0.717, 1.165) is 5.56 Å². The van der Waals surface area contributed by atoms with Crippen LogP contribution < -0.4 is 9.47 Å². The number of methoxy groups -OCH3 is 1. The first-order valence-corrected chi connectivity index (χ1v) is 7.29. The zero-order valence-electron chi connectivity index (χ0n) is 12.9. The van der Waals surface area contributed by atoms with E-state index in [1.54, 1.807) is 12.0 Å². The van der Waals surface area contributed by atoms with Crippen molar-refractivity contribution < 1.29 is 24.2 Å². The minimum Gasteiger partial charge on any atom is -0.493 e. The molecule has 1 saturated heterocycles. The molecule has 1 amide bonds. The summed E-state index contributed by atoms with van der Waals surface area (Å²) in [6, 6.07) is 5.60. The molecule has 22 heavy (non-hydrogen) atoms. The van der Waals surface area contributed by atoms with Crippen LogP contribution in [-0.2, 0) is 9.59 Å². The number of ether oxygens (including phenoxy) is 2. The standard InChI is InChI=1S/C16H21NO5/c1-11-3-4-13(14(9-11)21-2)22-8-6-15(18)17-7-5-12(10-17)16(19)20/h3-4,9,12H,5-8,10H2,1-2H3,(H,19,20)/t12-/m0/s1. The molecule has 0 radical (unpaired) electrons. The van der Waals surface area contributed by atoms with Gasteiger partial charge in [-0.25, -0.2) is 0 Å². The van der Waals surface area contributed by atoms with E-state index in [1.807, 2.05) is 25.1 Å². The van der Waals surface area contributed by atoms with E-state index in [9.17, 15) is 9.59 Å². The van der Waals surface area contributed by atoms with Gasteiger partial charge in [-0.3, -0.25) is 9.59 Å². The summed E-state index contributed by atoms with van der Waals surface area (Å²) in [6.07, 6.45) is 0.747. The zero-order valence-corrected chi connectivity index (χ0v) is 12.9. The van der Waals surface area contributed by atoms with Crippen LogP contribution in [0.3, 0.4) is 0 Å². The Kier molecular flexibility index (Phi) is 5.25. The molecule has 0 aliphatic carbocycles. The highest BCUT2D eigenvalue weighted by Gasteiger charge is 2.30. The number of carboxylic acid groups (broad SMARTS) is 1. The molecule has 0 aromatic heterocycles. The number of aryl methyl sites for hydroxylation is 1. The van der Waals surface area contributed by atoms with Gasteiger partial charge in [-0.05, 0) is 31.0 Å². The second kappa shape index (κ2) is 7.15. The molecule has 1 N–H and O–H groups in total. The van der Waals surface area contributed by atoms with Gasteiger partial charge in [0.2, 0.25) is 5.91 Å². The van der Waals surface area contributed by atoms with Gasteiger partial charge in [0.15, 0.2) is 11.5 Å². The summed E-state index contributed by atoms with van der Waals surface area (Å²) in [4.78, 5) is 24.5. The molecule has 0 unspecified atom stereocenters. The minimum absolute atomic E-state index is 0.0742. The third-order valence-electron chi connectivity index (χ3n) is 3.78. The fourth-order valence-electron chi connectivity index (χ4n) is 2.49. The number of carbonyl (C=O) groups is 2. The summed E-state index contributed by atoms with van der Waals surface area (Å²) < 4.78 is 10.8. The molecule has 1 aliphatic heterocycles. The predicted molar refractivity (Wildman–Crippen MR) is 80.2 cm³/mol. The summed E-state index contributed by atoms with van der Waals surface area (Å²) in [5.41, 5.74) is 1.07. The van der Waals surface area contributed by atoms with Crippen molar-refractivity contribution in [2.75, 3.05) is 26.8 Å². The van der Waals surface area contributed by atoms with Crippen molar-refractivity contribution in [3.05, 3.63) is 23.8 Å².